The number of amides is 1. The predicted octanol–water partition coefficient (Wildman–Crippen LogP) is 4.80. The summed E-state index contributed by atoms with van der Waals surface area (Å²) in [4.78, 5) is 16.9. The molecule has 0 saturated carbocycles. The summed E-state index contributed by atoms with van der Waals surface area (Å²) in [6, 6.07) is 15.6. The zero-order chi connectivity index (χ0) is 19.5. The van der Waals surface area contributed by atoms with Gasteiger partial charge in [0.25, 0.3) is 5.91 Å². The molecule has 0 spiro atoms. The molecular formula is C22H23N3O2S. The maximum atomic E-state index is 12.3. The number of carbonyl (C=O) groups excluding carboxylic acids is 1. The van der Waals surface area contributed by atoms with E-state index in [9.17, 15) is 4.79 Å². The van der Waals surface area contributed by atoms with E-state index in [1.165, 1.54) is 5.56 Å². The molecule has 144 valence electrons. The molecule has 5 nitrogen and oxygen atoms in total. The van der Waals surface area contributed by atoms with Crippen LogP contribution in [0.15, 0.2) is 59.9 Å². The number of nitrogens with zero attached hydrogens (tertiary/aromatic N) is 2. The van der Waals surface area contributed by atoms with Gasteiger partial charge in [0.2, 0.25) is 0 Å². The normalized spacial score (nSPS) is 12.8. The minimum Gasteiger partial charge on any atom is -0.484 e. The molecule has 3 aromatic rings. The molecule has 0 bridgehead atoms. The van der Waals surface area contributed by atoms with Crippen molar-refractivity contribution >= 4 is 23.4 Å². The van der Waals surface area contributed by atoms with Crippen molar-refractivity contribution in [1.82, 2.24) is 9.55 Å². The van der Waals surface area contributed by atoms with Crippen molar-refractivity contribution < 1.29 is 9.53 Å². The van der Waals surface area contributed by atoms with E-state index in [1.807, 2.05) is 48.5 Å². The van der Waals surface area contributed by atoms with Gasteiger partial charge in [-0.3, -0.25) is 4.79 Å². The topological polar surface area (TPSA) is 56.1 Å². The largest absolute Gasteiger partial charge is 0.484 e. The molecule has 0 unspecified atom stereocenters. The van der Waals surface area contributed by atoms with Crippen LogP contribution in [0.2, 0.25) is 0 Å². The Bertz CT molecular complexity index is 958. The molecule has 6 heteroatoms. The lowest BCUT2D eigenvalue weighted by atomic mass is 10.0. The molecule has 28 heavy (non-hydrogen) atoms. The third-order valence-electron chi connectivity index (χ3n) is 4.66. The van der Waals surface area contributed by atoms with Gasteiger partial charge < -0.3 is 14.6 Å². The van der Waals surface area contributed by atoms with Crippen LogP contribution in [0.5, 0.6) is 5.75 Å². The Morgan fingerprint density at radius 2 is 2.07 bits per heavy atom. The van der Waals surface area contributed by atoms with E-state index in [2.05, 4.69) is 34.9 Å². The standard InChI is InChI=1S/C22H23N3O2S/c1-15(2)16-6-8-19(9-7-16)27-14-21(26)23-18-5-3-4-17(12-18)20-13-25-10-11-28-22(25)24-20/h3-9,12-13,15H,10-11,14H2,1-2H3,(H,23,26). The lowest BCUT2D eigenvalue weighted by Crippen LogP contribution is -2.20. The van der Waals surface area contributed by atoms with Gasteiger partial charge in [0, 0.05) is 29.7 Å². The molecule has 1 aromatic heterocycles. The fraction of sp³-hybridized carbons (Fsp3) is 0.273. The minimum atomic E-state index is -0.187. The summed E-state index contributed by atoms with van der Waals surface area (Å²) >= 11 is 1.77. The second-order valence-corrected chi connectivity index (χ2v) is 8.15. The molecule has 0 atom stereocenters. The Morgan fingerprint density at radius 1 is 1.25 bits per heavy atom. The summed E-state index contributed by atoms with van der Waals surface area (Å²) in [5.41, 5.74) is 3.91. The Kier molecular flexibility index (Phi) is 5.39. The summed E-state index contributed by atoms with van der Waals surface area (Å²) in [5, 5.41) is 3.95. The molecule has 4 rings (SSSR count). The van der Waals surface area contributed by atoms with Crippen molar-refractivity contribution in [3.8, 4) is 17.0 Å². The second kappa shape index (κ2) is 8.10. The van der Waals surface area contributed by atoms with E-state index < -0.39 is 0 Å². The number of fused-ring (bicyclic) bond motifs is 1. The number of anilines is 1. The van der Waals surface area contributed by atoms with E-state index >= 15 is 0 Å². The third-order valence-corrected chi connectivity index (χ3v) is 5.63. The highest BCUT2D eigenvalue weighted by atomic mass is 32.2. The van der Waals surface area contributed by atoms with Crippen molar-refractivity contribution in [2.75, 3.05) is 17.7 Å². The van der Waals surface area contributed by atoms with Crippen molar-refractivity contribution in [3.63, 3.8) is 0 Å². The fourth-order valence-electron chi connectivity index (χ4n) is 3.10. The highest BCUT2D eigenvalue weighted by Crippen LogP contribution is 2.29. The van der Waals surface area contributed by atoms with Crippen LogP contribution < -0.4 is 10.1 Å². The van der Waals surface area contributed by atoms with Gasteiger partial charge in [-0.05, 0) is 35.7 Å². The smallest absolute Gasteiger partial charge is 0.262 e. The van der Waals surface area contributed by atoms with Crippen LogP contribution in [0.25, 0.3) is 11.3 Å². The van der Waals surface area contributed by atoms with Crippen molar-refractivity contribution in [2.45, 2.75) is 31.5 Å². The summed E-state index contributed by atoms with van der Waals surface area (Å²) < 4.78 is 7.77. The first-order chi connectivity index (χ1) is 13.6. The maximum absolute atomic E-state index is 12.3. The highest BCUT2D eigenvalue weighted by molar-refractivity contribution is 7.99. The van der Waals surface area contributed by atoms with Gasteiger partial charge in [0.05, 0.1) is 5.69 Å². The molecule has 1 amide bonds. The number of hydrogen-bond acceptors (Lipinski definition) is 4. The van der Waals surface area contributed by atoms with Gasteiger partial charge in [-0.1, -0.05) is 49.9 Å². The summed E-state index contributed by atoms with van der Waals surface area (Å²) in [6.45, 7) is 5.26. The molecule has 0 fully saturated rings. The molecule has 2 heterocycles. The Hall–Kier alpha value is -2.73. The summed E-state index contributed by atoms with van der Waals surface area (Å²) in [6.07, 6.45) is 2.07. The quantitative estimate of drug-likeness (QED) is 0.654. The first-order valence-electron chi connectivity index (χ1n) is 9.41. The molecular weight excluding hydrogens is 370 g/mol. The van der Waals surface area contributed by atoms with E-state index in [1.54, 1.807) is 11.8 Å². The SMILES string of the molecule is CC(C)c1ccc(OCC(=O)Nc2cccc(-c3cn4c(n3)SCC4)c2)cc1. The van der Waals surface area contributed by atoms with Crippen LogP contribution in [-0.4, -0.2) is 27.8 Å². The number of aryl methyl sites for hydroxylation is 1. The molecule has 1 N–H and O–H groups in total. The predicted molar refractivity (Wildman–Crippen MR) is 113 cm³/mol. The number of ether oxygens (including phenoxy) is 1. The van der Waals surface area contributed by atoms with Crippen molar-refractivity contribution in [1.29, 1.82) is 0 Å². The number of imidazole rings is 1. The van der Waals surface area contributed by atoms with E-state index in [-0.39, 0.29) is 12.5 Å². The van der Waals surface area contributed by atoms with Crippen molar-refractivity contribution in [2.24, 2.45) is 0 Å². The van der Waals surface area contributed by atoms with Crippen LogP contribution in [0, 0.1) is 0 Å². The summed E-state index contributed by atoms with van der Waals surface area (Å²) in [5.74, 6) is 2.06. The van der Waals surface area contributed by atoms with Crippen LogP contribution in [0.4, 0.5) is 5.69 Å². The van der Waals surface area contributed by atoms with Crippen LogP contribution in [0.3, 0.4) is 0 Å². The van der Waals surface area contributed by atoms with Gasteiger partial charge >= 0.3 is 0 Å². The number of aromatic nitrogens is 2. The van der Waals surface area contributed by atoms with Crippen molar-refractivity contribution in [3.05, 3.63) is 60.3 Å². The molecule has 0 radical (unpaired) electrons. The van der Waals surface area contributed by atoms with Gasteiger partial charge in [-0.15, -0.1) is 0 Å². The zero-order valence-electron chi connectivity index (χ0n) is 16.0. The van der Waals surface area contributed by atoms with Gasteiger partial charge in [0.15, 0.2) is 11.8 Å². The molecule has 0 saturated heterocycles. The highest BCUT2D eigenvalue weighted by Gasteiger charge is 2.15. The number of rotatable bonds is 6. The number of nitrogens with one attached hydrogen (secondary N) is 1. The van der Waals surface area contributed by atoms with E-state index in [4.69, 9.17) is 4.74 Å². The maximum Gasteiger partial charge on any atom is 0.262 e. The van der Waals surface area contributed by atoms with E-state index in [0.717, 1.165) is 34.4 Å². The summed E-state index contributed by atoms with van der Waals surface area (Å²) in [7, 11) is 0. The third kappa shape index (κ3) is 4.22. The van der Waals surface area contributed by atoms with Gasteiger partial charge in [-0.25, -0.2) is 4.98 Å². The Labute approximate surface area is 169 Å². The minimum absolute atomic E-state index is 0.0271. The molecule has 1 aliphatic heterocycles. The average molecular weight is 394 g/mol. The van der Waals surface area contributed by atoms with Gasteiger partial charge in [-0.2, -0.15) is 0 Å². The first kappa shape index (κ1) is 18.6. The Morgan fingerprint density at radius 3 is 2.82 bits per heavy atom. The zero-order valence-corrected chi connectivity index (χ0v) is 16.8. The fourth-order valence-corrected chi connectivity index (χ4v) is 4.04. The number of thioether (sulfide) groups is 1. The second-order valence-electron chi connectivity index (χ2n) is 7.09. The average Bonchev–Trinajstić information content (AvgIpc) is 3.29. The van der Waals surface area contributed by atoms with Crippen LogP contribution in [0.1, 0.15) is 25.3 Å². The number of hydrogen-bond donors (Lipinski definition) is 1. The van der Waals surface area contributed by atoms with Crippen LogP contribution in [-0.2, 0) is 11.3 Å². The number of benzene rings is 2. The Balaban J connectivity index is 1.36. The first-order valence-corrected chi connectivity index (χ1v) is 10.4. The lowest BCUT2D eigenvalue weighted by molar-refractivity contribution is -0.118. The molecule has 0 aliphatic carbocycles. The van der Waals surface area contributed by atoms with E-state index in [0.29, 0.717) is 11.7 Å². The van der Waals surface area contributed by atoms with Gasteiger partial charge in [0.1, 0.15) is 5.75 Å². The lowest BCUT2D eigenvalue weighted by Gasteiger charge is -2.10. The van der Waals surface area contributed by atoms with Crippen LogP contribution >= 0.6 is 11.8 Å². The monoisotopic (exact) mass is 393 g/mol. The molecule has 2 aromatic carbocycles. The number of carbonyl (C=O) groups is 1. The molecule has 1 aliphatic rings.